The summed E-state index contributed by atoms with van der Waals surface area (Å²) in [7, 11) is 1.66. The number of ether oxygens (including phenoxy) is 2. The number of aryl methyl sites for hydroxylation is 1. The first kappa shape index (κ1) is 19.4. The van der Waals surface area contributed by atoms with Gasteiger partial charge in [0.1, 0.15) is 5.82 Å². The number of hydrogen-bond donors (Lipinski definition) is 1. The van der Waals surface area contributed by atoms with Gasteiger partial charge in [0.15, 0.2) is 11.5 Å². The van der Waals surface area contributed by atoms with E-state index in [2.05, 4.69) is 27.0 Å². The fraction of sp³-hybridized carbons (Fsp3) is 0.524. The zero-order valence-electron chi connectivity index (χ0n) is 16.5. The molecule has 0 radical (unpaired) electrons. The summed E-state index contributed by atoms with van der Waals surface area (Å²) >= 11 is 0. The zero-order valence-corrected chi connectivity index (χ0v) is 16.5. The molecule has 1 aromatic heterocycles. The van der Waals surface area contributed by atoms with Crippen molar-refractivity contribution in [3.05, 3.63) is 51.7 Å². The van der Waals surface area contributed by atoms with Crippen LogP contribution < -0.4 is 15.0 Å². The van der Waals surface area contributed by atoms with Crippen LogP contribution in [0, 0.1) is 0 Å². The molecule has 3 rings (SSSR count). The number of aromatic nitrogens is 2. The van der Waals surface area contributed by atoms with E-state index in [-0.39, 0.29) is 11.5 Å². The van der Waals surface area contributed by atoms with Crippen LogP contribution in [0.1, 0.15) is 49.7 Å². The van der Waals surface area contributed by atoms with Crippen LogP contribution in [0.15, 0.2) is 29.1 Å². The molecule has 2 aromatic rings. The van der Waals surface area contributed by atoms with Crippen LogP contribution in [0.5, 0.6) is 11.5 Å². The predicted octanol–water partition coefficient (Wildman–Crippen LogP) is 3.12. The van der Waals surface area contributed by atoms with Crippen LogP contribution in [0.25, 0.3) is 0 Å². The smallest absolute Gasteiger partial charge is 0.251 e. The normalized spacial score (nSPS) is 17.7. The Morgan fingerprint density at radius 1 is 1.26 bits per heavy atom. The second-order valence-electron chi connectivity index (χ2n) is 6.97. The molecule has 1 aromatic carbocycles. The Kier molecular flexibility index (Phi) is 6.50. The number of nitrogens with one attached hydrogen (secondary N) is 1. The molecule has 0 bridgehead atoms. The van der Waals surface area contributed by atoms with Crippen molar-refractivity contribution in [1.82, 2.24) is 14.9 Å². The molecule has 1 N–H and O–H groups in total. The summed E-state index contributed by atoms with van der Waals surface area (Å²) in [5.74, 6) is 2.64. The molecule has 1 saturated heterocycles. The minimum absolute atomic E-state index is 0.0505. The molecule has 1 atom stereocenters. The van der Waals surface area contributed by atoms with Gasteiger partial charge in [-0.2, -0.15) is 0 Å². The molecule has 146 valence electrons. The van der Waals surface area contributed by atoms with E-state index in [1.165, 1.54) is 5.56 Å². The quantitative estimate of drug-likeness (QED) is 0.810. The lowest BCUT2D eigenvalue weighted by Gasteiger charge is -2.32. The molecule has 1 aliphatic rings. The Hall–Kier alpha value is -2.34. The van der Waals surface area contributed by atoms with Crippen molar-refractivity contribution in [2.24, 2.45) is 0 Å². The van der Waals surface area contributed by atoms with E-state index in [0.29, 0.717) is 6.61 Å². The van der Waals surface area contributed by atoms with Gasteiger partial charge in [0.05, 0.1) is 13.7 Å². The fourth-order valence-corrected chi connectivity index (χ4v) is 3.67. The van der Waals surface area contributed by atoms with Gasteiger partial charge in [-0.15, -0.1) is 0 Å². The van der Waals surface area contributed by atoms with Gasteiger partial charge in [0.2, 0.25) is 0 Å². The number of hydrogen-bond acceptors (Lipinski definition) is 5. The topological polar surface area (TPSA) is 67.5 Å². The highest BCUT2D eigenvalue weighted by Crippen LogP contribution is 2.30. The van der Waals surface area contributed by atoms with E-state index in [9.17, 15) is 4.79 Å². The Bertz CT molecular complexity index is 819. The SMILES string of the molecule is CCOc1cc(CN2CCCC(c3nc(CC)cc(=O)[nH]3)C2)ccc1OC. The minimum atomic E-state index is -0.0505. The number of aromatic amines is 1. The van der Waals surface area contributed by atoms with Crippen LogP contribution in [-0.2, 0) is 13.0 Å². The van der Waals surface area contributed by atoms with Gasteiger partial charge >= 0.3 is 0 Å². The van der Waals surface area contributed by atoms with Gasteiger partial charge in [0.25, 0.3) is 5.56 Å². The fourth-order valence-electron chi connectivity index (χ4n) is 3.67. The van der Waals surface area contributed by atoms with Crippen molar-refractivity contribution in [2.45, 2.75) is 45.6 Å². The Balaban J connectivity index is 1.72. The molecule has 27 heavy (non-hydrogen) atoms. The average Bonchev–Trinajstić information content (AvgIpc) is 2.68. The standard InChI is InChI=1S/C21H29N3O3/c1-4-17-12-20(25)23-21(22-17)16-7-6-10-24(14-16)13-15-8-9-18(26-3)19(11-15)27-5-2/h8-9,11-12,16H,4-7,10,13-14H2,1-3H3,(H,22,23,25). The second kappa shape index (κ2) is 9.04. The summed E-state index contributed by atoms with van der Waals surface area (Å²) in [5, 5.41) is 0. The van der Waals surface area contributed by atoms with Crippen LogP contribution in [0.2, 0.25) is 0 Å². The molecule has 0 spiro atoms. The van der Waals surface area contributed by atoms with E-state index < -0.39 is 0 Å². The van der Waals surface area contributed by atoms with Crippen molar-refractivity contribution in [1.29, 1.82) is 0 Å². The summed E-state index contributed by atoms with van der Waals surface area (Å²) in [4.78, 5) is 21.9. The molecule has 0 amide bonds. The van der Waals surface area contributed by atoms with Crippen LogP contribution >= 0.6 is 0 Å². The van der Waals surface area contributed by atoms with E-state index in [0.717, 1.165) is 61.9 Å². The molecule has 1 fully saturated rings. The maximum atomic E-state index is 11.9. The first-order valence-electron chi connectivity index (χ1n) is 9.75. The lowest BCUT2D eigenvalue weighted by atomic mass is 9.96. The van der Waals surface area contributed by atoms with Crippen molar-refractivity contribution in [2.75, 3.05) is 26.8 Å². The highest BCUT2D eigenvalue weighted by Gasteiger charge is 2.24. The molecule has 1 unspecified atom stereocenters. The van der Waals surface area contributed by atoms with E-state index >= 15 is 0 Å². The number of benzene rings is 1. The first-order chi connectivity index (χ1) is 13.1. The van der Waals surface area contributed by atoms with Crippen LogP contribution in [0.3, 0.4) is 0 Å². The summed E-state index contributed by atoms with van der Waals surface area (Å²) in [6.45, 7) is 7.39. The van der Waals surface area contributed by atoms with Gasteiger partial charge in [0, 0.05) is 30.8 Å². The summed E-state index contributed by atoms with van der Waals surface area (Å²) in [6, 6.07) is 7.70. The van der Waals surface area contributed by atoms with Gasteiger partial charge in [-0.05, 0) is 50.4 Å². The Morgan fingerprint density at radius 3 is 2.85 bits per heavy atom. The Labute approximate surface area is 160 Å². The summed E-state index contributed by atoms with van der Waals surface area (Å²) < 4.78 is 11.1. The third kappa shape index (κ3) is 4.89. The van der Waals surface area contributed by atoms with Crippen molar-refractivity contribution < 1.29 is 9.47 Å². The highest BCUT2D eigenvalue weighted by molar-refractivity contribution is 5.43. The molecular formula is C21H29N3O3. The molecule has 1 aliphatic heterocycles. The monoisotopic (exact) mass is 371 g/mol. The van der Waals surface area contributed by atoms with Gasteiger partial charge < -0.3 is 14.5 Å². The first-order valence-corrected chi connectivity index (χ1v) is 9.75. The van der Waals surface area contributed by atoms with Crippen molar-refractivity contribution in [3.8, 4) is 11.5 Å². The lowest BCUT2D eigenvalue weighted by molar-refractivity contribution is 0.196. The van der Waals surface area contributed by atoms with Crippen molar-refractivity contribution >= 4 is 0 Å². The van der Waals surface area contributed by atoms with Gasteiger partial charge in [-0.25, -0.2) is 4.98 Å². The molecule has 6 heteroatoms. The second-order valence-corrected chi connectivity index (χ2v) is 6.97. The number of methoxy groups -OCH3 is 1. The molecule has 0 saturated carbocycles. The van der Waals surface area contributed by atoms with E-state index in [4.69, 9.17) is 9.47 Å². The third-order valence-corrected chi connectivity index (χ3v) is 5.00. The number of H-pyrrole nitrogens is 1. The van der Waals surface area contributed by atoms with E-state index in [1.807, 2.05) is 19.9 Å². The molecule has 2 heterocycles. The number of piperidine rings is 1. The highest BCUT2D eigenvalue weighted by atomic mass is 16.5. The van der Waals surface area contributed by atoms with Crippen molar-refractivity contribution in [3.63, 3.8) is 0 Å². The van der Waals surface area contributed by atoms with Gasteiger partial charge in [-0.1, -0.05) is 13.0 Å². The summed E-state index contributed by atoms with van der Waals surface area (Å²) in [6.07, 6.45) is 2.93. The number of nitrogens with zero attached hydrogens (tertiary/aromatic N) is 2. The molecular weight excluding hydrogens is 342 g/mol. The van der Waals surface area contributed by atoms with Crippen LogP contribution in [-0.4, -0.2) is 41.7 Å². The molecule has 0 aliphatic carbocycles. The summed E-state index contributed by atoms with van der Waals surface area (Å²) in [5.41, 5.74) is 2.01. The predicted molar refractivity (Wildman–Crippen MR) is 106 cm³/mol. The van der Waals surface area contributed by atoms with Gasteiger partial charge in [-0.3, -0.25) is 9.69 Å². The lowest BCUT2D eigenvalue weighted by Crippen LogP contribution is -2.35. The Morgan fingerprint density at radius 2 is 2.11 bits per heavy atom. The molecule has 6 nitrogen and oxygen atoms in total. The number of rotatable bonds is 7. The maximum absolute atomic E-state index is 11.9. The van der Waals surface area contributed by atoms with E-state index in [1.54, 1.807) is 13.2 Å². The maximum Gasteiger partial charge on any atom is 0.251 e. The van der Waals surface area contributed by atoms with Crippen LogP contribution in [0.4, 0.5) is 0 Å². The third-order valence-electron chi connectivity index (χ3n) is 5.00. The minimum Gasteiger partial charge on any atom is -0.493 e. The average molecular weight is 371 g/mol. The zero-order chi connectivity index (χ0) is 19.2. The largest absolute Gasteiger partial charge is 0.493 e. The number of likely N-dealkylation sites (tertiary alicyclic amines) is 1.